The van der Waals surface area contributed by atoms with Crippen LogP contribution >= 0.6 is 12.2 Å². The lowest BCUT2D eigenvalue weighted by atomic mass is 10.0. The Labute approximate surface area is 136 Å². The van der Waals surface area contributed by atoms with Crippen LogP contribution in [0.5, 0.6) is 0 Å². The first-order valence-corrected chi connectivity index (χ1v) is 7.94. The molecule has 1 saturated heterocycles. The average molecular weight is 321 g/mol. The lowest BCUT2D eigenvalue weighted by Gasteiger charge is -2.27. The summed E-state index contributed by atoms with van der Waals surface area (Å²) in [7, 11) is 0. The second kappa shape index (κ2) is 7.56. The number of ether oxygens (including phenoxy) is 1. The first-order valence-electron chi connectivity index (χ1n) is 7.53. The molecule has 3 N–H and O–H groups in total. The van der Waals surface area contributed by atoms with E-state index in [0.717, 1.165) is 36.5 Å². The molecule has 0 bridgehead atoms. The number of carbonyl (C=O) groups excluding carboxylic acids is 1. The fraction of sp³-hybridized carbons (Fsp3) is 0.500. The highest BCUT2D eigenvalue weighted by molar-refractivity contribution is 7.80. The summed E-state index contributed by atoms with van der Waals surface area (Å²) in [6.45, 7) is 4.52. The first kappa shape index (κ1) is 16.7. The van der Waals surface area contributed by atoms with Crippen molar-refractivity contribution >= 4 is 23.3 Å². The van der Waals surface area contributed by atoms with Gasteiger partial charge in [0.1, 0.15) is 11.6 Å². The molecule has 1 atom stereocenters. The summed E-state index contributed by atoms with van der Waals surface area (Å²) in [6.07, 6.45) is 1.25. The zero-order valence-electron chi connectivity index (χ0n) is 12.9. The molecule has 0 unspecified atom stereocenters. The summed E-state index contributed by atoms with van der Waals surface area (Å²) in [4.78, 5) is 14.9. The Hall–Kier alpha value is -1.66. The van der Waals surface area contributed by atoms with Crippen LogP contribution in [0, 0.1) is 0 Å². The van der Waals surface area contributed by atoms with Crippen molar-refractivity contribution in [2.45, 2.75) is 31.9 Å². The van der Waals surface area contributed by atoms with E-state index in [0.29, 0.717) is 6.54 Å². The molecule has 6 heteroatoms. The maximum Gasteiger partial charge on any atom is 0.408 e. The van der Waals surface area contributed by atoms with Gasteiger partial charge in [-0.05, 0) is 31.9 Å². The third-order valence-electron chi connectivity index (χ3n) is 3.86. The van der Waals surface area contributed by atoms with Crippen molar-refractivity contribution in [3.8, 4) is 0 Å². The first-order chi connectivity index (χ1) is 10.5. The summed E-state index contributed by atoms with van der Waals surface area (Å²) >= 11 is 5.50. The molecule has 0 saturated carbocycles. The fourth-order valence-electron chi connectivity index (χ4n) is 2.51. The summed E-state index contributed by atoms with van der Waals surface area (Å²) in [5.74, 6) is 0. The number of rotatable bonds is 6. The average Bonchev–Trinajstić information content (AvgIpc) is 2.80. The second-order valence-electron chi connectivity index (χ2n) is 5.70. The minimum absolute atomic E-state index is 0.256. The van der Waals surface area contributed by atoms with Crippen molar-refractivity contribution in [1.29, 1.82) is 0 Å². The molecule has 1 heterocycles. The number of carbonyl (C=O) groups is 1. The van der Waals surface area contributed by atoms with Gasteiger partial charge in [-0.2, -0.15) is 0 Å². The minimum Gasteiger partial charge on any atom is -0.445 e. The Morgan fingerprint density at radius 3 is 2.86 bits per heavy atom. The van der Waals surface area contributed by atoms with Crippen LogP contribution in [0.4, 0.5) is 4.79 Å². The van der Waals surface area contributed by atoms with Crippen molar-refractivity contribution in [3.05, 3.63) is 35.9 Å². The Morgan fingerprint density at radius 1 is 1.45 bits per heavy atom. The molecule has 1 amide bonds. The standard InChI is InChI=1S/C16H23N3O2S/c1-16(8-11-19(14(16)22)10-5-9-17)18-15(20)21-12-13-6-3-2-4-7-13/h2-4,6-7H,5,8-12,17H2,1H3,(H,18,20)/t16-/m1/s1. The topological polar surface area (TPSA) is 67.6 Å². The van der Waals surface area contributed by atoms with E-state index in [2.05, 4.69) is 10.2 Å². The maximum atomic E-state index is 12.0. The van der Waals surface area contributed by atoms with Gasteiger partial charge < -0.3 is 20.7 Å². The molecule has 1 aliphatic heterocycles. The molecule has 0 aliphatic carbocycles. The number of likely N-dealkylation sites (tertiary alicyclic amines) is 1. The zero-order valence-corrected chi connectivity index (χ0v) is 13.7. The number of benzene rings is 1. The van der Waals surface area contributed by atoms with Crippen LogP contribution in [0.2, 0.25) is 0 Å². The molecule has 0 spiro atoms. The van der Waals surface area contributed by atoms with Gasteiger partial charge in [0, 0.05) is 13.1 Å². The van der Waals surface area contributed by atoms with Crippen LogP contribution in [-0.2, 0) is 11.3 Å². The maximum absolute atomic E-state index is 12.0. The zero-order chi connectivity index (χ0) is 16.0. The quantitative estimate of drug-likeness (QED) is 0.785. The molecular formula is C16H23N3O2S. The third-order valence-corrected chi connectivity index (χ3v) is 4.57. The number of hydrogen-bond acceptors (Lipinski definition) is 4. The molecule has 1 fully saturated rings. The molecule has 5 nitrogen and oxygen atoms in total. The van der Waals surface area contributed by atoms with Gasteiger partial charge >= 0.3 is 6.09 Å². The third kappa shape index (κ3) is 4.18. The molecule has 1 aromatic rings. The Balaban J connectivity index is 1.84. The second-order valence-corrected chi connectivity index (χ2v) is 6.09. The number of hydrogen-bond donors (Lipinski definition) is 2. The van der Waals surface area contributed by atoms with Crippen LogP contribution in [-0.4, -0.2) is 41.2 Å². The van der Waals surface area contributed by atoms with E-state index in [1.807, 2.05) is 37.3 Å². The Bertz CT molecular complexity index is 523. The number of nitrogens with zero attached hydrogens (tertiary/aromatic N) is 1. The number of alkyl carbamates (subject to hydrolysis) is 1. The monoisotopic (exact) mass is 321 g/mol. The van der Waals surface area contributed by atoms with Crippen molar-refractivity contribution in [3.63, 3.8) is 0 Å². The summed E-state index contributed by atoms with van der Waals surface area (Å²) in [6, 6.07) is 9.60. The van der Waals surface area contributed by atoms with Gasteiger partial charge in [-0.25, -0.2) is 4.79 Å². The fourth-order valence-corrected chi connectivity index (χ4v) is 2.85. The predicted octanol–water partition coefficient (Wildman–Crippen LogP) is 2.05. The van der Waals surface area contributed by atoms with Gasteiger partial charge in [-0.15, -0.1) is 0 Å². The van der Waals surface area contributed by atoms with E-state index in [9.17, 15) is 4.79 Å². The van der Waals surface area contributed by atoms with Crippen molar-refractivity contribution in [2.24, 2.45) is 5.73 Å². The molecular weight excluding hydrogens is 298 g/mol. The molecule has 120 valence electrons. The predicted molar refractivity (Wildman–Crippen MR) is 90.6 cm³/mol. The minimum atomic E-state index is -0.516. The summed E-state index contributed by atoms with van der Waals surface area (Å²) < 4.78 is 5.27. The van der Waals surface area contributed by atoms with E-state index in [-0.39, 0.29) is 6.61 Å². The van der Waals surface area contributed by atoms with Gasteiger partial charge in [0.25, 0.3) is 0 Å². The largest absolute Gasteiger partial charge is 0.445 e. The van der Waals surface area contributed by atoms with Crippen molar-refractivity contribution in [1.82, 2.24) is 10.2 Å². The van der Waals surface area contributed by atoms with E-state index in [4.69, 9.17) is 22.7 Å². The highest BCUT2D eigenvalue weighted by Crippen LogP contribution is 2.24. The van der Waals surface area contributed by atoms with Crippen LogP contribution < -0.4 is 11.1 Å². The van der Waals surface area contributed by atoms with Gasteiger partial charge in [0.15, 0.2) is 0 Å². The van der Waals surface area contributed by atoms with Crippen LogP contribution in [0.1, 0.15) is 25.3 Å². The molecule has 2 rings (SSSR count). The van der Waals surface area contributed by atoms with Gasteiger partial charge in [0.2, 0.25) is 0 Å². The van der Waals surface area contributed by atoms with E-state index in [1.165, 1.54) is 0 Å². The molecule has 22 heavy (non-hydrogen) atoms. The van der Waals surface area contributed by atoms with Crippen molar-refractivity contribution < 1.29 is 9.53 Å². The smallest absolute Gasteiger partial charge is 0.408 e. The van der Waals surface area contributed by atoms with Crippen molar-refractivity contribution in [2.75, 3.05) is 19.6 Å². The van der Waals surface area contributed by atoms with Crippen LogP contribution in [0.15, 0.2) is 30.3 Å². The van der Waals surface area contributed by atoms with E-state index in [1.54, 1.807) is 0 Å². The molecule has 1 aliphatic rings. The normalized spacial score (nSPS) is 21.0. The highest BCUT2D eigenvalue weighted by Gasteiger charge is 2.40. The molecule has 1 aromatic carbocycles. The molecule has 0 aromatic heterocycles. The summed E-state index contributed by atoms with van der Waals surface area (Å²) in [5.41, 5.74) is 5.98. The SMILES string of the molecule is C[C@@]1(NC(=O)OCc2ccccc2)CCN(CCCN)C1=S. The number of nitrogens with one attached hydrogen (secondary N) is 1. The number of nitrogens with two attached hydrogens (primary N) is 1. The molecule has 0 radical (unpaired) electrons. The lowest BCUT2D eigenvalue weighted by molar-refractivity contribution is 0.133. The van der Waals surface area contributed by atoms with E-state index < -0.39 is 11.6 Å². The number of amides is 1. The highest BCUT2D eigenvalue weighted by atomic mass is 32.1. The van der Waals surface area contributed by atoms with E-state index >= 15 is 0 Å². The van der Waals surface area contributed by atoms with Gasteiger partial charge in [-0.1, -0.05) is 42.5 Å². The summed E-state index contributed by atoms with van der Waals surface area (Å²) in [5, 5.41) is 2.91. The van der Waals surface area contributed by atoms with Gasteiger partial charge in [0.05, 0.1) is 5.54 Å². The van der Waals surface area contributed by atoms with Gasteiger partial charge in [-0.3, -0.25) is 0 Å². The number of thiocarbonyl (C=S) groups is 1. The lowest BCUT2D eigenvalue weighted by Crippen LogP contribution is -2.51. The Morgan fingerprint density at radius 2 is 2.18 bits per heavy atom. The Kier molecular flexibility index (Phi) is 5.74. The van der Waals surface area contributed by atoms with Crippen LogP contribution in [0.3, 0.4) is 0 Å². The van der Waals surface area contributed by atoms with Crippen LogP contribution in [0.25, 0.3) is 0 Å².